The second kappa shape index (κ2) is 8.03. The largest absolute Gasteiger partial charge is 0.472 e. The summed E-state index contributed by atoms with van der Waals surface area (Å²) in [5.74, 6) is -0.334. The van der Waals surface area contributed by atoms with Crippen molar-refractivity contribution in [3.05, 3.63) is 23.9 Å². The Morgan fingerprint density at radius 2 is 2.18 bits per heavy atom. The fourth-order valence-electron chi connectivity index (χ4n) is 2.63. The summed E-state index contributed by atoms with van der Waals surface area (Å²) in [7, 11) is 0. The number of aromatic nitrogens is 1. The van der Waals surface area contributed by atoms with Crippen LogP contribution in [0.1, 0.15) is 36.2 Å². The Balaban J connectivity index is 1.98. The molecule has 2 N–H and O–H groups in total. The van der Waals surface area contributed by atoms with E-state index in [4.69, 9.17) is 4.74 Å². The van der Waals surface area contributed by atoms with Gasteiger partial charge in [0.25, 0.3) is 12.3 Å². The van der Waals surface area contributed by atoms with Gasteiger partial charge in [-0.1, -0.05) is 18.9 Å². The van der Waals surface area contributed by atoms with Crippen LogP contribution in [0.25, 0.3) is 0 Å². The number of amides is 1. The molecule has 1 aromatic heterocycles. The van der Waals surface area contributed by atoms with Crippen molar-refractivity contribution in [2.24, 2.45) is 5.92 Å². The predicted molar refractivity (Wildman–Crippen MR) is 76.0 cm³/mol. The molecule has 1 heterocycles. The number of carbonyl (C=O) groups excluding carboxylic acids is 1. The summed E-state index contributed by atoms with van der Waals surface area (Å²) in [4.78, 5) is 16.1. The molecule has 22 heavy (non-hydrogen) atoms. The number of rotatable bonds is 6. The molecule has 0 bridgehead atoms. The maximum Gasteiger partial charge on any atom is 0.272 e. The van der Waals surface area contributed by atoms with Gasteiger partial charge in [-0.2, -0.15) is 0 Å². The minimum absolute atomic E-state index is 0.00435. The number of halogens is 2. The molecule has 1 saturated carbocycles. The fourth-order valence-corrected chi connectivity index (χ4v) is 2.63. The molecule has 5 nitrogen and oxygen atoms in total. The van der Waals surface area contributed by atoms with Crippen molar-refractivity contribution in [2.75, 3.05) is 13.2 Å². The number of nitrogens with zero attached hydrogens (tertiary/aromatic N) is 1. The van der Waals surface area contributed by atoms with Gasteiger partial charge in [0.05, 0.1) is 0 Å². The summed E-state index contributed by atoms with van der Waals surface area (Å²) in [6, 6.07) is 4.38. The molecule has 2 rings (SSSR count). The summed E-state index contributed by atoms with van der Waals surface area (Å²) < 4.78 is 29.0. The number of hydrogen-bond acceptors (Lipinski definition) is 4. The summed E-state index contributed by atoms with van der Waals surface area (Å²) in [5, 5.41) is 12.2. The number of hydrogen-bond donors (Lipinski definition) is 2. The van der Waals surface area contributed by atoms with Crippen molar-refractivity contribution >= 4 is 5.91 Å². The lowest BCUT2D eigenvalue weighted by molar-refractivity contribution is 0.0789. The van der Waals surface area contributed by atoms with Gasteiger partial charge in [0.1, 0.15) is 5.69 Å². The Labute approximate surface area is 127 Å². The van der Waals surface area contributed by atoms with Crippen molar-refractivity contribution in [1.82, 2.24) is 10.3 Å². The van der Waals surface area contributed by atoms with Gasteiger partial charge in [-0.25, -0.2) is 13.8 Å². The first kappa shape index (κ1) is 16.6. The van der Waals surface area contributed by atoms with Gasteiger partial charge in [-0.05, 0) is 18.9 Å². The number of ether oxygens (including phenoxy) is 1. The average molecular weight is 314 g/mol. The molecule has 0 radical (unpaired) electrons. The number of alkyl halides is 2. The van der Waals surface area contributed by atoms with Crippen LogP contribution in [-0.4, -0.2) is 41.7 Å². The van der Waals surface area contributed by atoms with E-state index in [2.05, 4.69) is 10.3 Å². The zero-order valence-corrected chi connectivity index (χ0v) is 12.2. The number of nitrogens with one attached hydrogen (secondary N) is 1. The SMILES string of the molecule is O=C(NC1CCCCC1CO)c1cccc(OCC(F)F)n1. The van der Waals surface area contributed by atoms with Crippen LogP contribution in [0.3, 0.4) is 0 Å². The number of aliphatic hydroxyl groups is 1. The Morgan fingerprint density at radius 1 is 1.41 bits per heavy atom. The van der Waals surface area contributed by atoms with Crippen molar-refractivity contribution in [1.29, 1.82) is 0 Å². The summed E-state index contributed by atoms with van der Waals surface area (Å²) in [6.45, 7) is -0.719. The van der Waals surface area contributed by atoms with Crippen LogP contribution in [0, 0.1) is 5.92 Å². The molecule has 1 amide bonds. The van der Waals surface area contributed by atoms with E-state index in [9.17, 15) is 18.7 Å². The molecule has 0 aromatic carbocycles. The van der Waals surface area contributed by atoms with Gasteiger partial charge in [-0.15, -0.1) is 0 Å². The maximum absolute atomic E-state index is 12.2. The Morgan fingerprint density at radius 3 is 2.91 bits per heavy atom. The molecule has 1 aromatic rings. The summed E-state index contributed by atoms with van der Waals surface area (Å²) >= 11 is 0. The number of pyridine rings is 1. The molecule has 2 atom stereocenters. The lowest BCUT2D eigenvalue weighted by atomic mass is 9.85. The summed E-state index contributed by atoms with van der Waals surface area (Å²) in [5.41, 5.74) is 0.119. The smallest absolute Gasteiger partial charge is 0.272 e. The monoisotopic (exact) mass is 314 g/mol. The zero-order chi connectivity index (χ0) is 15.9. The fraction of sp³-hybridized carbons (Fsp3) is 0.600. The molecule has 7 heteroatoms. The highest BCUT2D eigenvalue weighted by Crippen LogP contribution is 2.24. The average Bonchev–Trinajstić information content (AvgIpc) is 2.53. The number of carbonyl (C=O) groups is 1. The Bertz CT molecular complexity index is 499. The van der Waals surface area contributed by atoms with Gasteiger partial charge in [0.15, 0.2) is 6.61 Å². The molecule has 122 valence electrons. The van der Waals surface area contributed by atoms with Crippen LogP contribution in [0.15, 0.2) is 18.2 Å². The molecule has 0 aliphatic heterocycles. The molecule has 1 aliphatic carbocycles. The highest BCUT2D eigenvalue weighted by atomic mass is 19.3. The predicted octanol–water partition coefficient (Wildman–Crippen LogP) is 2.01. The van der Waals surface area contributed by atoms with Crippen LogP contribution in [-0.2, 0) is 0 Å². The zero-order valence-electron chi connectivity index (χ0n) is 12.2. The van der Waals surface area contributed by atoms with Crippen molar-refractivity contribution in [3.63, 3.8) is 0 Å². The molecular formula is C15H20F2N2O3. The van der Waals surface area contributed by atoms with Gasteiger partial charge in [0, 0.05) is 24.6 Å². The van der Waals surface area contributed by atoms with Crippen LogP contribution >= 0.6 is 0 Å². The highest BCUT2D eigenvalue weighted by Gasteiger charge is 2.26. The Hall–Kier alpha value is -1.76. The van der Waals surface area contributed by atoms with Crippen LogP contribution in [0.5, 0.6) is 5.88 Å². The first-order valence-electron chi connectivity index (χ1n) is 7.40. The third kappa shape index (κ3) is 4.62. The lowest BCUT2D eigenvalue weighted by Gasteiger charge is -2.30. The van der Waals surface area contributed by atoms with E-state index < -0.39 is 13.0 Å². The second-order valence-electron chi connectivity index (χ2n) is 5.37. The molecule has 1 aliphatic rings. The molecule has 0 saturated heterocycles. The Kier molecular flexibility index (Phi) is 6.06. The van der Waals surface area contributed by atoms with Gasteiger partial charge >= 0.3 is 0 Å². The number of aliphatic hydroxyl groups excluding tert-OH is 1. The maximum atomic E-state index is 12.2. The molecular weight excluding hydrogens is 294 g/mol. The first-order valence-corrected chi connectivity index (χ1v) is 7.40. The summed E-state index contributed by atoms with van der Waals surface area (Å²) in [6.07, 6.45) is 1.16. The minimum Gasteiger partial charge on any atom is -0.472 e. The van der Waals surface area contributed by atoms with Gasteiger partial charge < -0.3 is 15.2 Å². The normalized spacial score (nSPS) is 21.6. The minimum atomic E-state index is -2.59. The van der Waals surface area contributed by atoms with Crippen LogP contribution < -0.4 is 10.1 Å². The first-order chi connectivity index (χ1) is 10.6. The lowest BCUT2D eigenvalue weighted by Crippen LogP contribution is -2.43. The van der Waals surface area contributed by atoms with E-state index in [-0.39, 0.29) is 36.0 Å². The third-order valence-electron chi connectivity index (χ3n) is 3.77. The van der Waals surface area contributed by atoms with E-state index in [0.717, 1.165) is 25.7 Å². The highest BCUT2D eigenvalue weighted by molar-refractivity contribution is 5.92. The topological polar surface area (TPSA) is 71.5 Å². The van der Waals surface area contributed by atoms with Crippen molar-refractivity contribution < 1.29 is 23.4 Å². The van der Waals surface area contributed by atoms with E-state index in [1.165, 1.54) is 18.2 Å². The van der Waals surface area contributed by atoms with Crippen molar-refractivity contribution in [2.45, 2.75) is 38.2 Å². The third-order valence-corrected chi connectivity index (χ3v) is 3.77. The van der Waals surface area contributed by atoms with E-state index in [1.807, 2.05) is 0 Å². The van der Waals surface area contributed by atoms with Crippen molar-refractivity contribution in [3.8, 4) is 5.88 Å². The van der Waals surface area contributed by atoms with E-state index in [0.29, 0.717) is 0 Å². The van der Waals surface area contributed by atoms with Gasteiger partial charge in [0.2, 0.25) is 5.88 Å². The van der Waals surface area contributed by atoms with E-state index in [1.54, 1.807) is 0 Å². The van der Waals surface area contributed by atoms with E-state index >= 15 is 0 Å². The molecule has 0 spiro atoms. The van der Waals surface area contributed by atoms with Crippen LogP contribution in [0.2, 0.25) is 0 Å². The molecule has 1 fully saturated rings. The second-order valence-corrected chi connectivity index (χ2v) is 5.37. The van der Waals surface area contributed by atoms with Crippen LogP contribution in [0.4, 0.5) is 8.78 Å². The molecule has 2 unspecified atom stereocenters. The standard InChI is InChI=1S/C15H20F2N2O3/c16-13(17)9-22-14-7-3-6-12(18-14)15(21)19-11-5-2-1-4-10(11)8-20/h3,6-7,10-11,13,20H,1-2,4-5,8-9H2,(H,19,21). The quantitative estimate of drug-likeness (QED) is 0.842. The van der Waals surface area contributed by atoms with Gasteiger partial charge in [-0.3, -0.25) is 4.79 Å².